The third-order valence-electron chi connectivity index (χ3n) is 3.00. The summed E-state index contributed by atoms with van der Waals surface area (Å²) in [5.74, 6) is -1.21. The van der Waals surface area contributed by atoms with Crippen LogP contribution in [0.1, 0.15) is 31.1 Å². The second-order valence-electron chi connectivity index (χ2n) is 4.77. The topological polar surface area (TPSA) is 52.6 Å². The fourth-order valence-corrected chi connectivity index (χ4v) is 2.03. The molecule has 0 heterocycles. The van der Waals surface area contributed by atoms with Crippen LogP contribution >= 0.6 is 0 Å². The highest BCUT2D eigenvalue weighted by molar-refractivity contribution is 5.89. The van der Waals surface area contributed by atoms with Gasteiger partial charge in [-0.3, -0.25) is 4.79 Å². The first-order valence-electron chi connectivity index (χ1n) is 6.31. The highest BCUT2D eigenvalue weighted by Crippen LogP contribution is 2.20. The van der Waals surface area contributed by atoms with Crippen molar-refractivity contribution in [1.82, 2.24) is 0 Å². The van der Waals surface area contributed by atoms with Crippen LogP contribution in [0.25, 0.3) is 0 Å². The summed E-state index contributed by atoms with van der Waals surface area (Å²) in [6, 6.07) is 8.71. The second kappa shape index (κ2) is 6.92. The van der Waals surface area contributed by atoms with E-state index in [2.05, 4.69) is 0 Å². The van der Waals surface area contributed by atoms with Crippen molar-refractivity contribution in [2.24, 2.45) is 11.8 Å². The highest BCUT2D eigenvalue weighted by Gasteiger charge is 2.31. The molecular weight excluding hydrogens is 244 g/mol. The SMILES string of the molecule is COC(=O)C(C(C)C)C(C)OC(=O)c1ccccc1. The Balaban J connectivity index is 2.74. The van der Waals surface area contributed by atoms with Crippen LogP contribution in [0.4, 0.5) is 0 Å². The predicted octanol–water partition coefficient (Wildman–Crippen LogP) is 2.68. The quantitative estimate of drug-likeness (QED) is 0.767. The number of carbonyl (C=O) groups is 2. The van der Waals surface area contributed by atoms with Crippen molar-refractivity contribution in [3.05, 3.63) is 35.9 Å². The van der Waals surface area contributed by atoms with Gasteiger partial charge in [-0.25, -0.2) is 4.79 Å². The number of ether oxygens (including phenoxy) is 2. The molecule has 19 heavy (non-hydrogen) atoms. The minimum atomic E-state index is -0.528. The molecule has 0 aromatic heterocycles. The summed E-state index contributed by atoms with van der Waals surface area (Å²) < 4.78 is 10.1. The van der Waals surface area contributed by atoms with Crippen molar-refractivity contribution < 1.29 is 19.1 Å². The van der Waals surface area contributed by atoms with Crippen LogP contribution in [0.3, 0.4) is 0 Å². The maximum absolute atomic E-state index is 11.9. The molecule has 0 aliphatic heterocycles. The van der Waals surface area contributed by atoms with E-state index >= 15 is 0 Å². The van der Waals surface area contributed by atoms with Crippen LogP contribution in [0, 0.1) is 11.8 Å². The number of methoxy groups -OCH3 is 1. The predicted molar refractivity (Wildman–Crippen MR) is 71.7 cm³/mol. The van der Waals surface area contributed by atoms with E-state index in [0.717, 1.165) is 0 Å². The van der Waals surface area contributed by atoms with Crippen LogP contribution in [0.2, 0.25) is 0 Å². The maximum Gasteiger partial charge on any atom is 0.338 e. The molecule has 4 nitrogen and oxygen atoms in total. The molecule has 0 radical (unpaired) electrons. The summed E-state index contributed by atoms with van der Waals surface area (Å²) in [5, 5.41) is 0. The van der Waals surface area contributed by atoms with E-state index in [1.807, 2.05) is 19.9 Å². The molecular formula is C15H20O4. The summed E-state index contributed by atoms with van der Waals surface area (Å²) in [7, 11) is 1.34. The van der Waals surface area contributed by atoms with Crippen molar-refractivity contribution in [2.75, 3.05) is 7.11 Å². The maximum atomic E-state index is 11.9. The third kappa shape index (κ3) is 4.09. The first kappa shape index (κ1) is 15.2. The average molecular weight is 264 g/mol. The molecule has 2 unspecified atom stereocenters. The Labute approximate surface area is 113 Å². The van der Waals surface area contributed by atoms with Gasteiger partial charge in [0.1, 0.15) is 6.10 Å². The molecule has 0 saturated heterocycles. The lowest BCUT2D eigenvalue weighted by Crippen LogP contribution is -2.35. The van der Waals surface area contributed by atoms with Crippen molar-refractivity contribution in [3.63, 3.8) is 0 Å². The van der Waals surface area contributed by atoms with Crippen LogP contribution in [-0.2, 0) is 14.3 Å². The Bertz CT molecular complexity index is 425. The standard InChI is InChI=1S/C15H20O4/c1-10(2)13(15(17)18-4)11(3)19-14(16)12-8-6-5-7-9-12/h5-11,13H,1-4H3. The molecule has 104 valence electrons. The minimum Gasteiger partial charge on any atom is -0.469 e. The monoisotopic (exact) mass is 264 g/mol. The number of hydrogen-bond donors (Lipinski definition) is 0. The van der Waals surface area contributed by atoms with Gasteiger partial charge in [0, 0.05) is 0 Å². The van der Waals surface area contributed by atoms with E-state index in [1.165, 1.54) is 7.11 Å². The molecule has 2 atom stereocenters. The van der Waals surface area contributed by atoms with E-state index in [9.17, 15) is 9.59 Å². The lowest BCUT2D eigenvalue weighted by atomic mass is 9.91. The summed E-state index contributed by atoms with van der Waals surface area (Å²) in [4.78, 5) is 23.6. The third-order valence-corrected chi connectivity index (χ3v) is 3.00. The zero-order chi connectivity index (χ0) is 14.4. The van der Waals surface area contributed by atoms with Gasteiger partial charge in [-0.1, -0.05) is 32.0 Å². The van der Waals surface area contributed by atoms with Crippen LogP contribution in [-0.4, -0.2) is 25.2 Å². The smallest absolute Gasteiger partial charge is 0.338 e. The normalized spacial score (nSPS) is 13.7. The number of benzene rings is 1. The van der Waals surface area contributed by atoms with E-state index in [1.54, 1.807) is 31.2 Å². The van der Waals surface area contributed by atoms with Crippen molar-refractivity contribution >= 4 is 11.9 Å². The molecule has 1 rings (SSSR count). The Morgan fingerprint density at radius 1 is 1.05 bits per heavy atom. The van der Waals surface area contributed by atoms with Gasteiger partial charge in [0.05, 0.1) is 18.6 Å². The summed E-state index contributed by atoms with van der Waals surface area (Å²) in [5.41, 5.74) is 0.474. The Morgan fingerprint density at radius 2 is 1.63 bits per heavy atom. The van der Waals surface area contributed by atoms with Crippen molar-refractivity contribution in [1.29, 1.82) is 0 Å². The summed E-state index contributed by atoms with van der Waals surface area (Å²) >= 11 is 0. The molecule has 4 heteroatoms. The molecule has 0 fully saturated rings. The summed E-state index contributed by atoms with van der Waals surface area (Å²) in [6.07, 6.45) is -0.528. The molecule has 0 amide bonds. The van der Waals surface area contributed by atoms with E-state index in [0.29, 0.717) is 5.56 Å². The van der Waals surface area contributed by atoms with Crippen LogP contribution < -0.4 is 0 Å². The molecule has 0 aliphatic rings. The second-order valence-corrected chi connectivity index (χ2v) is 4.77. The highest BCUT2D eigenvalue weighted by atomic mass is 16.6. The van der Waals surface area contributed by atoms with Crippen molar-refractivity contribution in [3.8, 4) is 0 Å². The molecule has 0 aliphatic carbocycles. The van der Waals surface area contributed by atoms with Gasteiger partial charge < -0.3 is 9.47 Å². The van der Waals surface area contributed by atoms with E-state index in [-0.39, 0.29) is 11.9 Å². The molecule has 0 spiro atoms. The number of rotatable bonds is 5. The van der Waals surface area contributed by atoms with Gasteiger partial charge in [-0.2, -0.15) is 0 Å². The number of esters is 2. The molecule has 0 bridgehead atoms. The number of hydrogen-bond acceptors (Lipinski definition) is 4. The Kier molecular flexibility index (Phi) is 5.55. The van der Waals surface area contributed by atoms with Crippen LogP contribution in [0.5, 0.6) is 0 Å². The van der Waals surface area contributed by atoms with Gasteiger partial charge in [0.2, 0.25) is 0 Å². The van der Waals surface area contributed by atoms with E-state index in [4.69, 9.17) is 9.47 Å². The van der Waals surface area contributed by atoms with Gasteiger partial charge in [-0.05, 0) is 25.0 Å². The fraction of sp³-hybridized carbons (Fsp3) is 0.467. The van der Waals surface area contributed by atoms with Gasteiger partial charge in [0.25, 0.3) is 0 Å². The molecule has 1 aromatic rings. The zero-order valence-corrected chi connectivity index (χ0v) is 11.8. The number of carbonyl (C=O) groups excluding carboxylic acids is 2. The lowest BCUT2D eigenvalue weighted by molar-refractivity contribution is -0.151. The van der Waals surface area contributed by atoms with Gasteiger partial charge in [0.15, 0.2) is 0 Å². The Morgan fingerprint density at radius 3 is 2.11 bits per heavy atom. The van der Waals surface area contributed by atoms with Gasteiger partial charge in [-0.15, -0.1) is 0 Å². The van der Waals surface area contributed by atoms with Crippen molar-refractivity contribution in [2.45, 2.75) is 26.9 Å². The minimum absolute atomic E-state index is 0.0334. The summed E-state index contributed by atoms with van der Waals surface area (Å²) in [6.45, 7) is 5.51. The fourth-order valence-electron chi connectivity index (χ4n) is 2.03. The first-order chi connectivity index (χ1) is 8.97. The Hall–Kier alpha value is -1.84. The first-order valence-corrected chi connectivity index (χ1v) is 6.31. The largest absolute Gasteiger partial charge is 0.469 e. The zero-order valence-electron chi connectivity index (χ0n) is 11.8. The molecule has 0 N–H and O–H groups in total. The van der Waals surface area contributed by atoms with Gasteiger partial charge >= 0.3 is 11.9 Å². The van der Waals surface area contributed by atoms with Crippen LogP contribution in [0.15, 0.2) is 30.3 Å². The average Bonchev–Trinajstić information content (AvgIpc) is 2.39. The van der Waals surface area contributed by atoms with E-state index < -0.39 is 18.0 Å². The lowest BCUT2D eigenvalue weighted by Gasteiger charge is -2.24. The molecule has 0 saturated carbocycles. The molecule has 1 aromatic carbocycles.